The summed E-state index contributed by atoms with van der Waals surface area (Å²) in [4.78, 5) is 13.2. The number of rotatable bonds is 6. The number of carbonyl (C=O) groups is 1. The number of carbonyl (C=O) groups excluding carboxylic acids is 1. The third-order valence-corrected chi connectivity index (χ3v) is 4.68. The molecule has 2 aromatic carbocycles. The van der Waals surface area contributed by atoms with Gasteiger partial charge >= 0.3 is 0 Å². The van der Waals surface area contributed by atoms with Crippen LogP contribution in [0.3, 0.4) is 0 Å². The molecule has 0 radical (unpaired) electrons. The van der Waals surface area contributed by atoms with Crippen LogP contribution in [0.4, 0.5) is 5.69 Å². The van der Waals surface area contributed by atoms with Gasteiger partial charge in [-0.15, -0.1) is 10.2 Å². The molecule has 6 nitrogen and oxygen atoms in total. The Bertz CT molecular complexity index is 927. The number of amides is 1. The highest BCUT2D eigenvalue weighted by molar-refractivity contribution is 6.31. The maximum absolute atomic E-state index is 12.3. The number of nitrogens with zero attached hydrogens (tertiary/aromatic N) is 2. The van der Waals surface area contributed by atoms with Crippen LogP contribution in [0.1, 0.15) is 18.9 Å². The number of anilines is 1. The summed E-state index contributed by atoms with van der Waals surface area (Å²) in [6.45, 7) is 2.18. The number of halogens is 2. The highest BCUT2D eigenvalue weighted by atomic mass is 35.5. The smallest absolute Gasteiger partial charge is 0.279 e. The van der Waals surface area contributed by atoms with E-state index in [0.29, 0.717) is 27.5 Å². The topological polar surface area (TPSA) is 72.5 Å². The third kappa shape index (κ3) is 5.07. The SMILES string of the molecule is C[C@@H](c1nnc(-c2cccc(Cl)c2)o1)[NH+](C)CC(=O)Nc1ccc(Cl)cc1. The first-order chi connectivity index (χ1) is 12.9. The fourth-order valence-electron chi connectivity index (χ4n) is 2.50. The van der Waals surface area contributed by atoms with E-state index in [0.717, 1.165) is 10.5 Å². The van der Waals surface area contributed by atoms with Gasteiger partial charge in [0, 0.05) is 21.3 Å². The number of hydrogen-bond donors (Lipinski definition) is 2. The van der Waals surface area contributed by atoms with Crippen molar-refractivity contribution in [1.29, 1.82) is 0 Å². The predicted octanol–water partition coefficient (Wildman–Crippen LogP) is 3.26. The van der Waals surface area contributed by atoms with Crippen LogP contribution in [0.2, 0.25) is 10.0 Å². The molecule has 140 valence electrons. The zero-order valence-electron chi connectivity index (χ0n) is 14.9. The van der Waals surface area contributed by atoms with E-state index in [2.05, 4.69) is 15.5 Å². The fourth-order valence-corrected chi connectivity index (χ4v) is 2.82. The van der Waals surface area contributed by atoms with Gasteiger partial charge in [-0.1, -0.05) is 29.3 Å². The van der Waals surface area contributed by atoms with Crippen LogP contribution in [0.5, 0.6) is 0 Å². The van der Waals surface area contributed by atoms with Crippen LogP contribution in [0.15, 0.2) is 52.9 Å². The molecular weight excluding hydrogens is 387 g/mol. The minimum absolute atomic E-state index is 0.115. The Kier molecular flexibility index (Phi) is 6.11. The molecule has 1 heterocycles. The standard InChI is InChI=1S/C19H18Cl2N4O2/c1-12(18-23-24-19(27-18)13-4-3-5-15(21)10-13)25(2)11-17(26)22-16-8-6-14(20)7-9-16/h3-10,12H,11H2,1-2H3,(H,22,26)/p+1/t12-/m0/s1. The van der Waals surface area contributed by atoms with Gasteiger partial charge in [-0.05, 0) is 49.4 Å². The molecule has 0 spiro atoms. The van der Waals surface area contributed by atoms with Crippen molar-refractivity contribution < 1.29 is 14.1 Å². The van der Waals surface area contributed by atoms with Gasteiger partial charge in [0.15, 0.2) is 12.6 Å². The zero-order valence-corrected chi connectivity index (χ0v) is 16.4. The van der Waals surface area contributed by atoms with Crippen LogP contribution in [0, 0.1) is 0 Å². The van der Waals surface area contributed by atoms with E-state index in [1.165, 1.54) is 0 Å². The Labute approximate surface area is 167 Å². The molecule has 2 atom stereocenters. The Balaban J connectivity index is 1.62. The lowest BCUT2D eigenvalue weighted by atomic mass is 10.2. The average Bonchev–Trinajstić information content (AvgIpc) is 3.13. The summed E-state index contributed by atoms with van der Waals surface area (Å²) in [6.07, 6.45) is 0. The molecule has 0 saturated carbocycles. The number of hydrogen-bond acceptors (Lipinski definition) is 4. The van der Waals surface area contributed by atoms with Gasteiger partial charge in [0.1, 0.15) is 0 Å². The van der Waals surface area contributed by atoms with E-state index in [-0.39, 0.29) is 18.5 Å². The zero-order chi connectivity index (χ0) is 19.4. The van der Waals surface area contributed by atoms with Gasteiger partial charge in [0.2, 0.25) is 5.89 Å². The summed E-state index contributed by atoms with van der Waals surface area (Å²) < 4.78 is 5.77. The van der Waals surface area contributed by atoms with E-state index >= 15 is 0 Å². The molecule has 0 aliphatic carbocycles. The van der Waals surface area contributed by atoms with E-state index in [1.807, 2.05) is 26.1 Å². The number of benzene rings is 2. The van der Waals surface area contributed by atoms with Crippen molar-refractivity contribution in [2.24, 2.45) is 0 Å². The van der Waals surface area contributed by atoms with Crippen LogP contribution >= 0.6 is 23.2 Å². The molecular formula is C19H19Cl2N4O2+. The van der Waals surface area contributed by atoms with Gasteiger partial charge in [-0.25, -0.2) is 0 Å². The molecule has 2 N–H and O–H groups in total. The molecule has 0 saturated heterocycles. The van der Waals surface area contributed by atoms with Crippen molar-refractivity contribution in [2.75, 3.05) is 18.9 Å². The minimum Gasteiger partial charge on any atom is -0.415 e. The molecule has 3 aromatic rings. The van der Waals surface area contributed by atoms with Crippen molar-refractivity contribution in [3.63, 3.8) is 0 Å². The third-order valence-electron chi connectivity index (χ3n) is 4.19. The Morgan fingerprint density at radius 3 is 2.59 bits per heavy atom. The molecule has 3 rings (SSSR count). The second-order valence-corrected chi connectivity index (χ2v) is 7.13. The minimum atomic E-state index is -0.151. The number of likely N-dealkylation sites (N-methyl/N-ethyl adjacent to an activating group) is 1. The van der Waals surface area contributed by atoms with Crippen LogP contribution in [-0.4, -0.2) is 29.7 Å². The Hall–Kier alpha value is -2.41. The normalized spacial score (nSPS) is 13.2. The number of aromatic nitrogens is 2. The largest absolute Gasteiger partial charge is 0.415 e. The monoisotopic (exact) mass is 405 g/mol. The van der Waals surface area contributed by atoms with Crippen molar-refractivity contribution >= 4 is 34.8 Å². The quantitative estimate of drug-likeness (QED) is 0.659. The second-order valence-electron chi connectivity index (χ2n) is 6.26. The highest BCUT2D eigenvalue weighted by Gasteiger charge is 2.24. The number of nitrogens with one attached hydrogen (secondary N) is 2. The molecule has 1 aromatic heterocycles. The molecule has 27 heavy (non-hydrogen) atoms. The van der Waals surface area contributed by atoms with E-state index in [9.17, 15) is 4.79 Å². The van der Waals surface area contributed by atoms with E-state index < -0.39 is 0 Å². The summed E-state index contributed by atoms with van der Waals surface area (Å²) in [5.74, 6) is 0.746. The summed E-state index contributed by atoms with van der Waals surface area (Å²) in [7, 11) is 1.90. The van der Waals surface area contributed by atoms with Gasteiger partial charge in [0.25, 0.3) is 11.8 Å². The highest BCUT2D eigenvalue weighted by Crippen LogP contribution is 2.22. The van der Waals surface area contributed by atoms with Gasteiger partial charge in [-0.2, -0.15) is 0 Å². The van der Waals surface area contributed by atoms with Crippen LogP contribution in [-0.2, 0) is 4.79 Å². The first-order valence-electron chi connectivity index (χ1n) is 8.39. The summed E-state index contributed by atoms with van der Waals surface area (Å²) >= 11 is 11.9. The summed E-state index contributed by atoms with van der Waals surface area (Å²) in [5, 5.41) is 12.3. The maximum atomic E-state index is 12.3. The molecule has 0 fully saturated rings. The molecule has 1 amide bonds. The molecule has 8 heteroatoms. The van der Waals surface area contributed by atoms with Crippen molar-refractivity contribution in [1.82, 2.24) is 10.2 Å². The summed E-state index contributed by atoms with van der Waals surface area (Å²) in [5.41, 5.74) is 1.46. The first kappa shape index (κ1) is 19.4. The molecule has 0 aliphatic rings. The molecule has 0 aliphatic heterocycles. The Morgan fingerprint density at radius 1 is 1.15 bits per heavy atom. The first-order valence-corrected chi connectivity index (χ1v) is 9.15. The molecule has 1 unspecified atom stereocenters. The predicted molar refractivity (Wildman–Crippen MR) is 105 cm³/mol. The maximum Gasteiger partial charge on any atom is 0.279 e. The summed E-state index contributed by atoms with van der Waals surface area (Å²) in [6, 6.07) is 14.0. The average molecular weight is 406 g/mol. The van der Waals surface area contributed by atoms with E-state index in [4.69, 9.17) is 27.6 Å². The van der Waals surface area contributed by atoms with Gasteiger partial charge < -0.3 is 14.6 Å². The van der Waals surface area contributed by atoms with Gasteiger partial charge in [-0.3, -0.25) is 4.79 Å². The number of quaternary nitrogens is 1. The lowest BCUT2D eigenvalue weighted by Crippen LogP contribution is -3.10. The fraction of sp³-hybridized carbons (Fsp3) is 0.211. The second kappa shape index (κ2) is 8.52. The van der Waals surface area contributed by atoms with Crippen LogP contribution < -0.4 is 10.2 Å². The van der Waals surface area contributed by atoms with Crippen molar-refractivity contribution in [3.05, 3.63) is 64.5 Å². The lowest BCUT2D eigenvalue weighted by Gasteiger charge is -2.18. The Morgan fingerprint density at radius 2 is 1.89 bits per heavy atom. The van der Waals surface area contributed by atoms with Crippen molar-refractivity contribution in [3.8, 4) is 11.5 Å². The van der Waals surface area contributed by atoms with Crippen LogP contribution in [0.25, 0.3) is 11.5 Å². The molecule has 0 bridgehead atoms. The van der Waals surface area contributed by atoms with Crippen molar-refractivity contribution in [2.45, 2.75) is 13.0 Å². The lowest BCUT2D eigenvalue weighted by molar-refractivity contribution is -0.903. The van der Waals surface area contributed by atoms with Gasteiger partial charge in [0.05, 0.1) is 7.05 Å². The van der Waals surface area contributed by atoms with E-state index in [1.54, 1.807) is 36.4 Å².